The molecule has 1 N–H and O–H groups in total. The zero-order valence-corrected chi connectivity index (χ0v) is 17.4. The van der Waals surface area contributed by atoms with Gasteiger partial charge in [-0.15, -0.1) is 0 Å². The van der Waals surface area contributed by atoms with Gasteiger partial charge in [-0.25, -0.2) is 0 Å². The number of rotatable bonds is 9. The molecule has 1 aliphatic rings. The predicted molar refractivity (Wildman–Crippen MR) is 109 cm³/mol. The number of benzene rings is 1. The van der Waals surface area contributed by atoms with E-state index in [2.05, 4.69) is 32.9 Å². The number of hydrogen-bond donors (Lipinski definition) is 1. The third-order valence-electron chi connectivity index (χ3n) is 6.04. The standard InChI is InChI=1S/C23H38O3/c1-6-7-8-9-13-23(2,3)18-15-20(25-4)22(21(16-18)26-5)17-11-10-12-19(24)14-17/h15-17,19,24H,6-14H2,1-5H3. The first-order valence-electron chi connectivity index (χ1n) is 10.4. The second-order valence-electron chi connectivity index (χ2n) is 8.51. The first-order chi connectivity index (χ1) is 12.4. The molecule has 0 amide bonds. The number of ether oxygens (including phenoxy) is 2. The summed E-state index contributed by atoms with van der Waals surface area (Å²) in [6, 6.07) is 4.41. The van der Waals surface area contributed by atoms with Crippen LogP contribution in [0, 0.1) is 0 Å². The smallest absolute Gasteiger partial charge is 0.126 e. The summed E-state index contributed by atoms with van der Waals surface area (Å²) in [6.07, 6.45) is 9.94. The molecular formula is C23H38O3. The van der Waals surface area contributed by atoms with E-state index in [1.165, 1.54) is 37.7 Å². The van der Waals surface area contributed by atoms with Crippen molar-refractivity contribution in [2.45, 2.75) is 96.0 Å². The van der Waals surface area contributed by atoms with E-state index in [9.17, 15) is 5.11 Å². The third kappa shape index (κ3) is 5.16. The normalized spacial score (nSPS) is 20.8. The van der Waals surface area contributed by atoms with Crippen LogP contribution in [-0.4, -0.2) is 25.4 Å². The molecule has 1 saturated carbocycles. The first kappa shape index (κ1) is 21.1. The fourth-order valence-electron chi connectivity index (χ4n) is 4.30. The molecule has 2 atom stereocenters. The van der Waals surface area contributed by atoms with Gasteiger partial charge in [0.2, 0.25) is 0 Å². The third-order valence-corrected chi connectivity index (χ3v) is 6.04. The van der Waals surface area contributed by atoms with Gasteiger partial charge in [-0.05, 0) is 54.7 Å². The predicted octanol–water partition coefficient (Wildman–Crippen LogP) is 5.97. The van der Waals surface area contributed by atoms with E-state index in [-0.39, 0.29) is 11.5 Å². The molecular weight excluding hydrogens is 324 g/mol. The van der Waals surface area contributed by atoms with Crippen molar-refractivity contribution >= 4 is 0 Å². The summed E-state index contributed by atoms with van der Waals surface area (Å²) in [4.78, 5) is 0. The lowest BCUT2D eigenvalue weighted by atomic mass is 9.77. The van der Waals surface area contributed by atoms with E-state index in [0.717, 1.165) is 42.7 Å². The number of aliphatic hydroxyl groups is 1. The minimum absolute atomic E-state index is 0.0961. The highest BCUT2D eigenvalue weighted by Crippen LogP contribution is 2.45. The van der Waals surface area contributed by atoms with Gasteiger partial charge in [0.25, 0.3) is 0 Å². The van der Waals surface area contributed by atoms with Crippen LogP contribution in [0.2, 0.25) is 0 Å². The van der Waals surface area contributed by atoms with Gasteiger partial charge in [-0.2, -0.15) is 0 Å². The summed E-state index contributed by atoms with van der Waals surface area (Å²) in [5.74, 6) is 2.14. The van der Waals surface area contributed by atoms with Crippen molar-refractivity contribution in [3.05, 3.63) is 23.3 Å². The van der Waals surface area contributed by atoms with Crippen LogP contribution < -0.4 is 9.47 Å². The quantitative estimate of drug-likeness (QED) is 0.550. The van der Waals surface area contributed by atoms with Crippen molar-refractivity contribution in [2.24, 2.45) is 0 Å². The average Bonchev–Trinajstić information content (AvgIpc) is 2.64. The van der Waals surface area contributed by atoms with Gasteiger partial charge in [0, 0.05) is 5.56 Å². The highest BCUT2D eigenvalue weighted by atomic mass is 16.5. The molecule has 3 heteroatoms. The second kappa shape index (κ2) is 9.64. The Balaban J connectivity index is 2.29. The minimum atomic E-state index is -0.210. The summed E-state index contributed by atoms with van der Waals surface area (Å²) < 4.78 is 11.6. The van der Waals surface area contributed by atoms with Crippen LogP contribution in [0.25, 0.3) is 0 Å². The minimum Gasteiger partial charge on any atom is -0.496 e. The maximum atomic E-state index is 10.1. The number of unbranched alkanes of at least 4 members (excludes halogenated alkanes) is 3. The van der Waals surface area contributed by atoms with Gasteiger partial charge in [-0.3, -0.25) is 0 Å². The van der Waals surface area contributed by atoms with E-state index < -0.39 is 0 Å². The van der Waals surface area contributed by atoms with E-state index in [0.29, 0.717) is 5.92 Å². The monoisotopic (exact) mass is 362 g/mol. The summed E-state index contributed by atoms with van der Waals surface area (Å²) >= 11 is 0. The Labute approximate surface area is 160 Å². The zero-order chi connectivity index (χ0) is 19.2. The molecule has 0 aromatic heterocycles. The van der Waals surface area contributed by atoms with Gasteiger partial charge in [0.05, 0.1) is 20.3 Å². The molecule has 0 saturated heterocycles. The molecule has 0 spiro atoms. The average molecular weight is 363 g/mol. The van der Waals surface area contributed by atoms with Gasteiger partial charge >= 0.3 is 0 Å². The summed E-state index contributed by atoms with van der Waals surface area (Å²) in [5, 5.41) is 10.1. The fourth-order valence-corrected chi connectivity index (χ4v) is 4.30. The maximum Gasteiger partial charge on any atom is 0.126 e. The van der Waals surface area contributed by atoms with Crippen LogP contribution in [0.4, 0.5) is 0 Å². The second-order valence-corrected chi connectivity index (χ2v) is 8.51. The van der Waals surface area contributed by atoms with Crippen molar-refractivity contribution in [1.82, 2.24) is 0 Å². The van der Waals surface area contributed by atoms with E-state index >= 15 is 0 Å². The lowest BCUT2D eigenvalue weighted by Gasteiger charge is -2.31. The Morgan fingerprint density at radius 2 is 1.69 bits per heavy atom. The highest BCUT2D eigenvalue weighted by Gasteiger charge is 2.30. The highest BCUT2D eigenvalue weighted by molar-refractivity contribution is 5.52. The molecule has 0 bridgehead atoms. The molecule has 148 valence electrons. The molecule has 1 aromatic carbocycles. The molecule has 1 aliphatic carbocycles. The van der Waals surface area contributed by atoms with Crippen molar-refractivity contribution in [3.63, 3.8) is 0 Å². The Morgan fingerprint density at radius 1 is 1.04 bits per heavy atom. The number of hydrogen-bond acceptors (Lipinski definition) is 3. The van der Waals surface area contributed by atoms with Gasteiger partial charge in [0.15, 0.2) is 0 Å². The Kier molecular flexibility index (Phi) is 7.82. The van der Waals surface area contributed by atoms with Crippen molar-refractivity contribution in [2.75, 3.05) is 14.2 Å². The number of methoxy groups -OCH3 is 2. The Bertz CT molecular complexity index is 540. The van der Waals surface area contributed by atoms with E-state index in [1.54, 1.807) is 14.2 Å². The molecule has 1 fully saturated rings. The van der Waals surface area contributed by atoms with E-state index in [1.807, 2.05) is 0 Å². The molecule has 0 heterocycles. The summed E-state index contributed by atoms with van der Waals surface area (Å²) in [5.41, 5.74) is 2.51. The van der Waals surface area contributed by atoms with Gasteiger partial charge in [0.1, 0.15) is 11.5 Å². The SMILES string of the molecule is CCCCCCC(C)(C)c1cc(OC)c(C2CCCC(O)C2)c(OC)c1. The van der Waals surface area contributed by atoms with E-state index in [4.69, 9.17) is 9.47 Å². The van der Waals surface area contributed by atoms with Gasteiger partial charge < -0.3 is 14.6 Å². The van der Waals surface area contributed by atoms with Gasteiger partial charge in [-0.1, -0.05) is 52.9 Å². The maximum absolute atomic E-state index is 10.1. The molecule has 0 radical (unpaired) electrons. The largest absolute Gasteiger partial charge is 0.496 e. The lowest BCUT2D eigenvalue weighted by molar-refractivity contribution is 0.118. The van der Waals surface area contributed by atoms with Crippen LogP contribution >= 0.6 is 0 Å². The van der Waals surface area contributed by atoms with Crippen molar-refractivity contribution < 1.29 is 14.6 Å². The molecule has 0 aliphatic heterocycles. The van der Waals surface area contributed by atoms with Crippen LogP contribution in [-0.2, 0) is 5.41 Å². The van der Waals surface area contributed by atoms with Crippen LogP contribution in [0.5, 0.6) is 11.5 Å². The Hall–Kier alpha value is -1.22. The summed E-state index contributed by atoms with van der Waals surface area (Å²) in [7, 11) is 3.49. The van der Waals surface area contributed by atoms with Crippen molar-refractivity contribution in [3.8, 4) is 11.5 Å². The van der Waals surface area contributed by atoms with Crippen molar-refractivity contribution in [1.29, 1.82) is 0 Å². The lowest BCUT2D eigenvalue weighted by Crippen LogP contribution is -2.21. The molecule has 1 aromatic rings. The molecule has 3 nitrogen and oxygen atoms in total. The fraction of sp³-hybridized carbons (Fsp3) is 0.739. The van der Waals surface area contributed by atoms with Crippen LogP contribution in [0.3, 0.4) is 0 Å². The molecule has 2 unspecified atom stereocenters. The topological polar surface area (TPSA) is 38.7 Å². The van der Waals surface area contributed by atoms with Crippen LogP contribution in [0.1, 0.15) is 95.6 Å². The molecule has 26 heavy (non-hydrogen) atoms. The zero-order valence-electron chi connectivity index (χ0n) is 17.4. The number of aliphatic hydroxyl groups excluding tert-OH is 1. The molecule has 2 rings (SSSR count). The Morgan fingerprint density at radius 3 is 2.23 bits per heavy atom. The first-order valence-corrected chi connectivity index (χ1v) is 10.4. The van der Waals surface area contributed by atoms with Crippen LogP contribution in [0.15, 0.2) is 12.1 Å². The summed E-state index contributed by atoms with van der Waals surface area (Å²) in [6.45, 7) is 6.89.